The van der Waals surface area contributed by atoms with Crippen molar-refractivity contribution < 1.29 is 8.81 Å². The molecule has 0 atom stereocenters. The van der Waals surface area contributed by atoms with E-state index in [0.717, 1.165) is 28.5 Å². The van der Waals surface area contributed by atoms with Gasteiger partial charge < -0.3 is 14.6 Å². The lowest BCUT2D eigenvalue weighted by Gasteiger charge is -2.13. The molecule has 1 aromatic carbocycles. The molecule has 0 spiro atoms. The highest BCUT2D eigenvalue weighted by atomic mass is 19.1. The highest BCUT2D eigenvalue weighted by Crippen LogP contribution is 2.25. The summed E-state index contributed by atoms with van der Waals surface area (Å²) in [4.78, 5) is 9.72. The zero-order valence-electron chi connectivity index (χ0n) is 12.7. The van der Waals surface area contributed by atoms with E-state index in [1.165, 1.54) is 0 Å². The molecule has 3 rings (SSSR count). The molecule has 0 fully saturated rings. The number of rotatable bonds is 4. The number of anilines is 2. The van der Waals surface area contributed by atoms with E-state index in [9.17, 15) is 4.39 Å². The number of hydrogen-bond donors (Lipinski definition) is 1. The van der Waals surface area contributed by atoms with E-state index in [1.54, 1.807) is 19.0 Å². The van der Waals surface area contributed by atoms with E-state index in [4.69, 9.17) is 4.42 Å². The van der Waals surface area contributed by atoms with Gasteiger partial charge in [0.2, 0.25) is 5.95 Å². The van der Waals surface area contributed by atoms with Gasteiger partial charge in [-0.2, -0.15) is 4.98 Å². The lowest BCUT2D eigenvalue weighted by molar-refractivity contribution is 0.554. The minimum Gasteiger partial charge on any atom is -0.459 e. The first-order valence-corrected chi connectivity index (χ1v) is 6.97. The molecule has 2 aromatic heterocycles. The second-order valence-electron chi connectivity index (χ2n) is 5.26. The van der Waals surface area contributed by atoms with E-state index in [0.29, 0.717) is 12.5 Å². The summed E-state index contributed by atoms with van der Waals surface area (Å²) in [6.07, 6.45) is 1.16. The third kappa shape index (κ3) is 2.59. The van der Waals surface area contributed by atoms with E-state index in [1.807, 2.05) is 31.2 Å². The molecule has 0 saturated carbocycles. The Labute approximate surface area is 127 Å². The van der Waals surface area contributed by atoms with E-state index in [-0.39, 0.29) is 5.82 Å². The van der Waals surface area contributed by atoms with Gasteiger partial charge in [0.15, 0.2) is 11.6 Å². The van der Waals surface area contributed by atoms with Gasteiger partial charge in [0.1, 0.15) is 11.3 Å². The number of halogens is 1. The number of benzene rings is 1. The van der Waals surface area contributed by atoms with Crippen molar-refractivity contribution in [3.05, 3.63) is 47.6 Å². The van der Waals surface area contributed by atoms with Gasteiger partial charge in [-0.25, -0.2) is 9.37 Å². The molecule has 2 heterocycles. The van der Waals surface area contributed by atoms with Gasteiger partial charge in [0.25, 0.3) is 0 Å². The Morgan fingerprint density at radius 3 is 2.77 bits per heavy atom. The summed E-state index contributed by atoms with van der Waals surface area (Å²) in [5, 5.41) is 4.17. The van der Waals surface area contributed by atoms with Gasteiger partial charge in [-0.1, -0.05) is 18.2 Å². The molecule has 114 valence electrons. The first kappa shape index (κ1) is 14.3. The average Bonchev–Trinajstić information content (AvgIpc) is 2.83. The summed E-state index contributed by atoms with van der Waals surface area (Å²) in [6.45, 7) is 2.46. The molecular formula is C16H17FN4O. The fourth-order valence-electron chi connectivity index (χ4n) is 2.31. The summed E-state index contributed by atoms with van der Waals surface area (Å²) >= 11 is 0. The van der Waals surface area contributed by atoms with Crippen LogP contribution >= 0.6 is 0 Å². The molecule has 0 aliphatic carbocycles. The van der Waals surface area contributed by atoms with Gasteiger partial charge in [-0.3, -0.25) is 0 Å². The smallest absolute Gasteiger partial charge is 0.225 e. The first-order chi connectivity index (χ1) is 10.6. The number of hydrogen-bond acceptors (Lipinski definition) is 5. The number of aryl methyl sites for hydroxylation is 1. The fraction of sp³-hybridized carbons (Fsp3) is 0.250. The van der Waals surface area contributed by atoms with Crippen LogP contribution in [0, 0.1) is 12.7 Å². The minimum absolute atomic E-state index is 0.249. The lowest BCUT2D eigenvalue weighted by Crippen LogP contribution is -2.15. The summed E-state index contributed by atoms with van der Waals surface area (Å²) < 4.78 is 19.4. The van der Waals surface area contributed by atoms with Crippen molar-refractivity contribution in [3.8, 4) is 0 Å². The summed E-state index contributed by atoms with van der Waals surface area (Å²) in [5.41, 5.74) is 1.93. The fourth-order valence-corrected chi connectivity index (χ4v) is 2.31. The maximum Gasteiger partial charge on any atom is 0.225 e. The Balaban J connectivity index is 1.82. The largest absolute Gasteiger partial charge is 0.459 e. The van der Waals surface area contributed by atoms with E-state index >= 15 is 0 Å². The molecule has 5 nitrogen and oxygen atoms in total. The Morgan fingerprint density at radius 1 is 1.27 bits per heavy atom. The monoisotopic (exact) mass is 300 g/mol. The van der Waals surface area contributed by atoms with Crippen LogP contribution in [0.2, 0.25) is 0 Å². The second kappa shape index (κ2) is 5.63. The second-order valence-corrected chi connectivity index (χ2v) is 5.26. The molecule has 0 aliphatic rings. The van der Waals surface area contributed by atoms with Crippen LogP contribution in [-0.2, 0) is 6.54 Å². The van der Waals surface area contributed by atoms with Gasteiger partial charge in [-0.05, 0) is 13.0 Å². The van der Waals surface area contributed by atoms with Crippen molar-refractivity contribution in [2.24, 2.45) is 0 Å². The molecular weight excluding hydrogens is 283 g/mol. The number of fused-ring (bicyclic) bond motifs is 1. The SMILES string of the molecule is Cc1c(CNc2ncc(F)c(N(C)C)n2)oc2ccccc12. The zero-order chi connectivity index (χ0) is 15.7. The Hall–Kier alpha value is -2.63. The van der Waals surface area contributed by atoms with Crippen LogP contribution in [0.4, 0.5) is 16.2 Å². The minimum atomic E-state index is -0.449. The van der Waals surface area contributed by atoms with Crippen molar-refractivity contribution in [1.29, 1.82) is 0 Å². The predicted molar refractivity (Wildman–Crippen MR) is 84.6 cm³/mol. The predicted octanol–water partition coefficient (Wildman–Crippen LogP) is 3.35. The number of aromatic nitrogens is 2. The number of nitrogens with one attached hydrogen (secondary N) is 1. The van der Waals surface area contributed by atoms with Crippen LogP contribution in [0.25, 0.3) is 11.0 Å². The van der Waals surface area contributed by atoms with Gasteiger partial charge >= 0.3 is 0 Å². The Bertz CT molecular complexity index is 813. The third-order valence-corrected chi connectivity index (χ3v) is 3.50. The van der Waals surface area contributed by atoms with Gasteiger partial charge in [0.05, 0.1) is 12.7 Å². The van der Waals surface area contributed by atoms with Crippen molar-refractivity contribution in [2.45, 2.75) is 13.5 Å². The van der Waals surface area contributed by atoms with Crippen LogP contribution in [-0.4, -0.2) is 24.1 Å². The van der Waals surface area contributed by atoms with Gasteiger partial charge in [-0.15, -0.1) is 0 Å². The maximum absolute atomic E-state index is 13.6. The molecule has 3 aromatic rings. The summed E-state index contributed by atoms with van der Waals surface area (Å²) in [7, 11) is 3.47. The van der Waals surface area contributed by atoms with Crippen molar-refractivity contribution >= 4 is 22.7 Å². The Morgan fingerprint density at radius 2 is 2.05 bits per heavy atom. The lowest BCUT2D eigenvalue weighted by atomic mass is 10.1. The third-order valence-electron chi connectivity index (χ3n) is 3.50. The molecule has 0 radical (unpaired) electrons. The molecule has 22 heavy (non-hydrogen) atoms. The molecule has 0 aliphatic heterocycles. The molecule has 0 saturated heterocycles. The van der Waals surface area contributed by atoms with E-state index in [2.05, 4.69) is 15.3 Å². The first-order valence-electron chi connectivity index (χ1n) is 6.97. The average molecular weight is 300 g/mol. The maximum atomic E-state index is 13.6. The number of furan rings is 1. The summed E-state index contributed by atoms with van der Waals surface area (Å²) in [5.74, 6) is 0.986. The number of para-hydroxylation sites is 1. The Kier molecular flexibility index (Phi) is 3.66. The molecule has 1 N–H and O–H groups in total. The molecule has 0 amide bonds. The number of nitrogens with zero attached hydrogens (tertiary/aromatic N) is 3. The highest BCUT2D eigenvalue weighted by Gasteiger charge is 2.12. The van der Waals surface area contributed by atoms with Gasteiger partial charge in [0, 0.05) is 25.0 Å². The van der Waals surface area contributed by atoms with Crippen LogP contribution in [0.5, 0.6) is 0 Å². The van der Waals surface area contributed by atoms with Crippen molar-refractivity contribution in [3.63, 3.8) is 0 Å². The van der Waals surface area contributed by atoms with E-state index < -0.39 is 5.82 Å². The van der Waals surface area contributed by atoms with Crippen LogP contribution in [0.1, 0.15) is 11.3 Å². The van der Waals surface area contributed by atoms with Crippen LogP contribution in [0.3, 0.4) is 0 Å². The molecule has 6 heteroatoms. The quantitative estimate of drug-likeness (QED) is 0.801. The van der Waals surface area contributed by atoms with Crippen molar-refractivity contribution in [1.82, 2.24) is 9.97 Å². The normalized spacial score (nSPS) is 10.9. The highest BCUT2D eigenvalue weighted by molar-refractivity contribution is 5.81. The van der Waals surface area contributed by atoms with Crippen LogP contribution < -0.4 is 10.2 Å². The topological polar surface area (TPSA) is 54.2 Å². The van der Waals surface area contributed by atoms with Crippen LogP contribution in [0.15, 0.2) is 34.9 Å². The zero-order valence-corrected chi connectivity index (χ0v) is 12.7. The summed E-state index contributed by atoms with van der Waals surface area (Å²) in [6, 6.07) is 7.88. The molecule has 0 bridgehead atoms. The van der Waals surface area contributed by atoms with Crippen molar-refractivity contribution in [2.75, 3.05) is 24.3 Å². The molecule has 0 unspecified atom stereocenters. The standard InChI is InChI=1S/C16H17FN4O/c1-10-11-6-4-5-7-13(11)22-14(10)9-19-16-18-8-12(17)15(20-16)21(2)3/h4-8H,9H2,1-3H3,(H,18,19,20).